The van der Waals surface area contributed by atoms with Crippen LogP contribution in [0, 0.1) is 6.92 Å². The second kappa shape index (κ2) is 9.73. The van der Waals surface area contributed by atoms with Gasteiger partial charge in [0, 0.05) is 6.08 Å². The molecule has 0 aliphatic carbocycles. The molecule has 0 aliphatic rings. The van der Waals surface area contributed by atoms with Gasteiger partial charge in [0.05, 0.1) is 25.8 Å². The highest BCUT2D eigenvalue weighted by atomic mass is 35.5. The van der Waals surface area contributed by atoms with Crippen LogP contribution in [0.25, 0.3) is 6.08 Å². The first-order chi connectivity index (χ1) is 12.5. The average Bonchev–Trinajstić information content (AvgIpc) is 2.64. The minimum Gasteiger partial charge on any atom is -0.493 e. The van der Waals surface area contributed by atoms with Gasteiger partial charge in [-0.1, -0.05) is 29.8 Å². The van der Waals surface area contributed by atoms with Crippen LogP contribution in [-0.2, 0) is 4.79 Å². The number of hydrogen-bond donors (Lipinski definition) is 1. The van der Waals surface area contributed by atoms with Crippen molar-refractivity contribution < 1.29 is 19.0 Å². The summed E-state index contributed by atoms with van der Waals surface area (Å²) < 4.78 is 16.1. The largest absolute Gasteiger partial charge is 0.493 e. The number of para-hydroxylation sites is 1. The number of rotatable bonds is 8. The van der Waals surface area contributed by atoms with Gasteiger partial charge in [-0.3, -0.25) is 4.79 Å². The first-order valence-electron chi connectivity index (χ1n) is 8.11. The van der Waals surface area contributed by atoms with Gasteiger partial charge in [-0.25, -0.2) is 0 Å². The molecular formula is C20H22ClNO4. The minimum absolute atomic E-state index is 0.218. The van der Waals surface area contributed by atoms with Crippen LogP contribution in [0.4, 0.5) is 0 Å². The molecule has 0 aromatic heterocycles. The Morgan fingerprint density at radius 3 is 2.62 bits per heavy atom. The molecule has 26 heavy (non-hydrogen) atoms. The number of carbonyl (C=O) groups is 1. The van der Waals surface area contributed by atoms with E-state index in [9.17, 15) is 4.79 Å². The summed E-state index contributed by atoms with van der Waals surface area (Å²) in [5.41, 5.74) is 1.79. The molecule has 0 saturated carbocycles. The Morgan fingerprint density at radius 2 is 1.92 bits per heavy atom. The van der Waals surface area contributed by atoms with Crippen molar-refractivity contribution in [2.75, 3.05) is 27.4 Å². The minimum atomic E-state index is -0.218. The highest BCUT2D eigenvalue weighted by Crippen LogP contribution is 2.36. The number of nitrogens with one attached hydrogen (secondary N) is 1. The Kier molecular flexibility index (Phi) is 7.36. The standard InChI is InChI=1S/C20H22ClNO4/c1-14-6-4-5-7-17(14)26-11-10-22-19(23)9-8-15-12-16(21)20(25-3)18(13-15)24-2/h4-9,12-13H,10-11H2,1-3H3,(H,22,23)/b9-8+. The summed E-state index contributed by atoms with van der Waals surface area (Å²) in [6.07, 6.45) is 3.09. The molecule has 6 heteroatoms. The van der Waals surface area contributed by atoms with Crippen LogP contribution < -0.4 is 19.5 Å². The fourth-order valence-corrected chi connectivity index (χ4v) is 2.61. The Hall–Kier alpha value is -2.66. The Labute approximate surface area is 158 Å². The molecular weight excluding hydrogens is 354 g/mol. The van der Waals surface area contributed by atoms with E-state index in [4.69, 9.17) is 25.8 Å². The second-order valence-electron chi connectivity index (χ2n) is 5.48. The van der Waals surface area contributed by atoms with E-state index in [1.807, 2.05) is 31.2 Å². The fourth-order valence-electron chi connectivity index (χ4n) is 2.32. The molecule has 138 valence electrons. The molecule has 1 amide bonds. The molecule has 0 unspecified atom stereocenters. The van der Waals surface area contributed by atoms with Crippen LogP contribution in [0.3, 0.4) is 0 Å². The van der Waals surface area contributed by atoms with Crippen LogP contribution in [0.15, 0.2) is 42.5 Å². The van der Waals surface area contributed by atoms with Crippen molar-refractivity contribution in [1.82, 2.24) is 5.32 Å². The molecule has 2 rings (SSSR count). The molecule has 2 aromatic rings. The van der Waals surface area contributed by atoms with E-state index < -0.39 is 0 Å². The number of amides is 1. The summed E-state index contributed by atoms with van der Waals surface area (Å²) in [7, 11) is 3.05. The summed E-state index contributed by atoms with van der Waals surface area (Å²) in [6, 6.07) is 11.2. The maximum atomic E-state index is 11.9. The van der Waals surface area contributed by atoms with Gasteiger partial charge in [0.15, 0.2) is 11.5 Å². The van der Waals surface area contributed by atoms with Gasteiger partial charge in [-0.2, -0.15) is 0 Å². The van der Waals surface area contributed by atoms with Crippen LogP contribution >= 0.6 is 11.6 Å². The number of ether oxygens (including phenoxy) is 3. The van der Waals surface area contributed by atoms with Crippen molar-refractivity contribution in [2.24, 2.45) is 0 Å². The Balaban J connectivity index is 1.86. The topological polar surface area (TPSA) is 56.8 Å². The maximum Gasteiger partial charge on any atom is 0.244 e. The second-order valence-corrected chi connectivity index (χ2v) is 5.88. The molecule has 0 fully saturated rings. The predicted octanol–water partition coefficient (Wildman–Crippen LogP) is 3.87. The van der Waals surface area contributed by atoms with Gasteiger partial charge in [-0.15, -0.1) is 0 Å². The number of benzene rings is 2. The number of halogens is 1. The molecule has 0 aliphatic heterocycles. The smallest absolute Gasteiger partial charge is 0.244 e. The van der Waals surface area contributed by atoms with Crippen molar-refractivity contribution in [3.63, 3.8) is 0 Å². The third-order valence-electron chi connectivity index (χ3n) is 3.64. The van der Waals surface area contributed by atoms with E-state index in [1.54, 1.807) is 18.2 Å². The molecule has 1 N–H and O–H groups in total. The van der Waals surface area contributed by atoms with Crippen LogP contribution in [0.2, 0.25) is 5.02 Å². The van der Waals surface area contributed by atoms with Gasteiger partial charge >= 0.3 is 0 Å². The summed E-state index contributed by atoms with van der Waals surface area (Å²) in [5, 5.41) is 3.18. The molecule has 0 radical (unpaired) electrons. The van der Waals surface area contributed by atoms with Crippen molar-refractivity contribution in [3.05, 3.63) is 58.6 Å². The zero-order valence-electron chi connectivity index (χ0n) is 15.0. The average molecular weight is 376 g/mol. The normalized spacial score (nSPS) is 10.6. The number of methoxy groups -OCH3 is 2. The van der Waals surface area contributed by atoms with E-state index >= 15 is 0 Å². The molecule has 0 atom stereocenters. The van der Waals surface area contributed by atoms with E-state index in [1.165, 1.54) is 20.3 Å². The monoisotopic (exact) mass is 375 g/mol. The van der Waals surface area contributed by atoms with Gasteiger partial charge in [0.2, 0.25) is 5.91 Å². The maximum absolute atomic E-state index is 11.9. The predicted molar refractivity (Wildman–Crippen MR) is 103 cm³/mol. The molecule has 0 bridgehead atoms. The van der Waals surface area contributed by atoms with Gasteiger partial charge < -0.3 is 19.5 Å². The summed E-state index contributed by atoms with van der Waals surface area (Å²) in [4.78, 5) is 11.9. The van der Waals surface area contributed by atoms with Crippen molar-refractivity contribution in [3.8, 4) is 17.2 Å². The van der Waals surface area contributed by atoms with Gasteiger partial charge in [-0.05, 0) is 42.3 Å². The number of aryl methyl sites for hydroxylation is 1. The lowest BCUT2D eigenvalue weighted by molar-refractivity contribution is -0.116. The zero-order chi connectivity index (χ0) is 18.9. The molecule has 0 heterocycles. The summed E-state index contributed by atoms with van der Waals surface area (Å²) in [6.45, 7) is 2.78. The van der Waals surface area contributed by atoms with E-state index in [0.717, 1.165) is 16.9 Å². The zero-order valence-corrected chi connectivity index (χ0v) is 15.8. The van der Waals surface area contributed by atoms with Crippen LogP contribution in [0.5, 0.6) is 17.2 Å². The Bertz CT molecular complexity index is 789. The lowest BCUT2D eigenvalue weighted by atomic mass is 10.2. The molecule has 2 aromatic carbocycles. The van der Waals surface area contributed by atoms with E-state index in [2.05, 4.69) is 5.32 Å². The van der Waals surface area contributed by atoms with Gasteiger partial charge in [0.25, 0.3) is 0 Å². The van der Waals surface area contributed by atoms with E-state index in [0.29, 0.717) is 29.7 Å². The first kappa shape index (κ1) is 19.7. The lowest BCUT2D eigenvalue weighted by Crippen LogP contribution is -2.26. The van der Waals surface area contributed by atoms with Crippen molar-refractivity contribution in [2.45, 2.75) is 6.92 Å². The lowest BCUT2D eigenvalue weighted by Gasteiger charge is -2.10. The quantitative estimate of drug-likeness (QED) is 0.562. The van der Waals surface area contributed by atoms with E-state index in [-0.39, 0.29) is 5.91 Å². The third-order valence-corrected chi connectivity index (χ3v) is 3.92. The molecule has 5 nitrogen and oxygen atoms in total. The SMILES string of the molecule is COc1cc(/C=C/C(=O)NCCOc2ccccc2C)cc(Cl)c1OC. The number of carbonyl (C=O) groups excluding carboxylic acids is 1. The summed E-state index contributed by atoms with van der Waals surface area (Å²) >= 11 is 6.15. The van der Waals surface area contributed by atoms with Crippen LogP contribution in [0.1, 0.15) is 11.1 Å². The highest BCUT2D eigenvalue weighted by molar-refractivity contribution is 6.32. The first-order valence-corrected chi connectivity index (χ1v) is 8.48. The molecule has 0 spiro atoms. The Morgan fingerprint density at radius 1 is 1.15 bits per heavy atom. The number of hydrogen-bond acceptors (Lipinski definition) is 4. The van der Waals surface area contributed by atoms with Gasteiger partial charge in [0.1, 0.15) is 12.4 Å². The fraction of sp³-hybridized carbons (Fsp3) is 0.250. The third kappa shape index (κ3) is 5.43. The highest BCUT2D eigenvalue weighted by Gasteiger charge is 2.09. The van der Waals surface area contributed by atoms with Crippen molar-refractivity contribution >= 4 is 23.6 Å². The van der Waals surface area contributed by atoms with Crippen molar-refractivity contribution in [1.29, 1.82) is 0 Å². The van der Waals surface area contributed by atoms with Crippen LogP contribution in [-0.4, -0.2) is 33.3 Å². The summed E-state index contributed by atoms with van der Waals surface area (Å²) in [5.74, 6) is 1.57. The molecule has 0 saturated heterocycles.